The van der Waals surface area contributed by atoms with Crippen molar-refractivity contribution in [1.82, 2.24) is 24.7 Å². The number of carbonyl (C=O) groups excluding carboxylic acids is 1. The lowest BCUT2D eigenvalue weighted by atomic mass is 9.95. The Morgan fingerprint density at radius 2 is 1.88 bits per heavy atom. The molecule has 0 spiro atoms. The lowest BCUT2D eigenvalue weighted by molar-refractivity contribution is -0.146. The number of nitrogens with zero attached hydrogens (tertiary/aromatic N) is 6. The van der Waals surface area contributed by atoms with Gasteiger partial charge in [0.1, 0.15) is 5.82 Å². The number of rotatable bonds is 2. The van der Waals surface area contributed by atoms with E-state index in [0.29, 0.717) is 36.3 Å². The minimum atomic E-state index is -4.61. The molecule has 0 N–H and O–H groups in total. The summed E-state index contributed by atoms with van der Waals surface area (Å²) in [6, 6.07) is 3.08. The SMILES string of the molecule is CN(C)C(=O)C1CCN(c2ccc3nnc(C(F)(F)F)n3n2)CC1. The van der Waals surface area contributed by atoms with Crippen molar-refractivity contribution in [3.05, 3.63) is 18.0 Å². The topological polar surface area (TPSA) is 66.6 Å². The largest absolute Gasteiger partial charge is 0.453 e. The quantitative estimate of drug-likeness (QED) is 0.826. The van der Waals surface area contributed by atoms with Gasteiger partial charge in [0.25, 0.3) is 5.82 Å². The van der Waals surface area contributed by atoms with Gasteiger partial charge in [0.2, 0.25) is 5.91 Å². The van der Waals surface area contributed by atoms with Crippen molar-refractivity contribution in [2.24, 2.45) is 5.92 Å². The van der Waals surface area contributed by atoms with Gasteiger partial charge in [-0.05, 0) is 25.0 Å². The van der Waals surface area contributed by atoms with Gasteiger partial charge in [-0.1, -0.05) is 0 Å². The van der Waals surface area contributed by atoms with Crippen molar-refractivity contribution in [3.8, 4) is 0 Å². The molecular weight excluding hydrogens is 325 g/mol. The number of hydrogen-bond donors (Lipinski definition) is 0. The van der Waals surface area contributed by atoms with Crippen LogP contribution in [0.1, 0.15) is 18.7 Å². The third-order valence-corrected chi connectivity index (χ3v) is 4.11. The van der Waals surface area contributed by atoms with Crippen LogP contribution in [0.5, 0.6) is 0 Å². The minimum absolute atomic E-state index is 0.0451. The van der Waals surface area contributed by atoms with Gasteiger partial charge in [0, 0.05) is 33.1 Å². The molecule has 1 aliphatic rings. The van der Waals surface area contributed by atoms with Crippen LogP contribution in [0.2, 0.25) is 0 Å². The Morgan fingerprint density at radius 1 is 1.21 bits per heavy atom. The second kappa shape index (κ2) is 5.91. The van der Waals surface area contributed by atoms with Crippen LogP contribution in [0.3, 0.4) is 0 Å². The van der Waals surface area contributed by atoms with Crippen LogP contribution in [0.15, 0.2) is 12.1 Å². The van der Waals surface area contributed by atoms with E-state index in [1.165, 1.54) is 6.07 Å². The standard InChI is InChI=1S/C14H17F3N6O/c1-21(2)12(24)9-5-7-22(8-6-9)11-4-3-10-18-19-13(14(15,16)17)23(10)20-11/h3-4,9H,5-8H2,1-2H3. The number of carbonyl (C=O) groups is 1. The molecule has 3 rings (SSSR count). The van der Waals surface area contributed by atoms with E-state index in [0.717, 1.165) is 0 Å². The van der Waals surface area contributed by atoms with Gasteiger partial charge in [-0.2, -0.15) is 17.7 Å². The van der Waals surface area contributed by atoms with E-state index in [-0.39, 0.29) is 17.5 Å². The minimum Gasteiger partial charge on any atom is -0.355 e. The lowest BCUT2D eigenvalue weighted by Crippen LogP contribution is -2.40. The highest BCUT2D eigenvalue weighted by molar-refractivity contribution is 5.78. The molecular formula is C14H17F3N6O. The van der Waals surface area contributed by atoms with E-state index in [4.69, 9.17) is 0 Å². The first-order valence-corrected chi connectivity index (χ1v) is 7.53. The third-order valence-electron chi connectivity index (χ3n) is 4.11. The normalized spacial score (nSPS) is 16.6. The molecule has 1 aliphatic heterocycles. The second-order valence-electron chi connectivity index (χ2n) is 5.98. The van der Waals surface area contributed by atoms with Crippen molar-refractivity contribution in [2.75, 3.05) is 32.1 Å². The average Bonchev–Trinajstić information content (AvgIpc) is 2.97. The smallest absolute Gasteiger partial charge is 0.355 e. The van der Waals surface area contributed by atoms with Crippen molar-refractivity contribution in [1.29, 1.82) is 0 Å². The summed E-state index contributed by atoms with van der Waals surface area (Å²) in [7, 11) is 3.43. The third kappa shape index (κ3) is 3.00. The summed E-state index contributed by atoms with van der Waals surface area (Å²) in [6.45, 7) is 1.12. The maximum atomic E-state index is 12.9. The van der Waals surface area contributed by atoms with Crippen LogP contribution >= 0.6 is 0 Å². The molecule has 10 heteroatoms. The number of piperidine rings is 1. The van der Waals surface area contributed by atoms with Crippen molar-refractivity contribution >= 4 is 17.4 Å². The molecule has 2 aromatic heterocycles. The zero-order valence-corrected chi connectivity index (χ0v) is 13.3. The number of amides is 1. The van der Waals surface area contributed by atoms with Gasteiger partial charge < -0.3 is 9.80 Å². The maximum Gasteiger partial charge on any atom is 0.453 e. The Hall–Kier alpha value is -2.39. The summed E-state index contributed by atoms with van der Waals surface area (Å²) < 4.78 is 39.5. The molecule has 1 amide bonds. The number of alkyl halides is 3. The van der Waals surface area contributed by atoms with E-state index < -0.39 is 12.0 Å². The molecule has 3 heterocycles. The molecule has 0 saturated carbocycles. The Balaban J connectivity index is 1.80. The molecule has 1 saturated heterocycles. The maximum absolute atomic E-state index is 12.9. The molecule has 0 bridgehead atoms. The van der Waals surface area contributed by atoms with E-state index in [2.05, 4.69) is 15.3 Å². The number of hydrogen-bond acceptors (Lipinski definition) is 5. The summed E-state index contributed by atoms with van der Waals surface area (Å²) in [5.74, 6) is -0.697. The molecule has 0 radical (unpaired) electrons. The highest BCUT2D eigenvalue weighted by Gasteiger charge is 2.38. The van der Waals surface area contributed by atoms with Crippen molar-refractivity contribution in [3.63, 3.8) is 0 Å². The van der Waals surface area contributed by atoms with Gasteiger partial charge in [-0.25, -0.2) is 0 Å². The van der Waals surface area contributed by atoms with Gasteiger partial charge in [-0.15, -0.1) is 15.3 Å². The van der Waals surface area contributed by atoms with Gasteiger partial charge >= 0.3 is 6.18 Å². The zero-order chi connectivity index (χ0) is 17.5. The van der Waals surface area contributed by atoms with Crippen molar-refractivity contribution in [2.45, 2.75) is 19.0 Å². The molecule has 7 nitrogen and oxygen atoms in total. The Labute approximate surface area is 136 Å². The fraction of sp³-hybridized carbons (Fsp3) is 0.571. The number of halogens is 3. The summed E-state index contributed by atoms with van der Waals surface area (Å²) in [6.07, 6.45) is -3.33. The van der Waals surface area contributed by atoms with Gasteiger partial charge in [-0.3, -0.25) is 4.79 Å². The molecule has 0 aromatic carbocycles. The molecule has 0 aliphatic carbocycles. The second-order valence-corrected chi connectivity index (χ2v) is 5.98. The molecule has 0 unspecified atom stereocenters. The Kier molecular flexibility index (Phi) is 4.06. The number of aromatic nitrogens is 4. The average molecular weight is 342 g/mol. The lowest BCUT2D eigenvalue weighted by Gasteiger charge is -2.33. The van der Waals surface area contributed by atoms with Crippen LogP contribution in [0, 0.1) is 5.92 Å². The van der Waals surface area contributed by atoms with Crippen LogP contribution in [0.25, 0.3) is 5.65 Å². The highest BCUT2D eigenvalue weighted by atomic mass is 19.4. The van der Waals surface area contributed by atoms with E-state index in [1.54, 1.807) is 25.1 Å². The molecule has 24 heavy (non-hydrogen) atoms. The van der Waals surface area contributed by atoms with Crippen LogP contribution in [0.4, 0.5) is 19.0 Å². The molecule has 1 fully saturated rings. The van der Waals surface area contributed by atoms with Gasteiger partial charge in [0.05, 0.1) is 0 Å². The van der Waals surface area contributed by atoms with Gasteiger partial charge in [0.15, 0.2) is 5.65 Å². The first kappa shape index (κ1) is 16.5. The predicted octanol–water partition coefficient (Wildman–Crippen LogP) is 1.45. The Morgan fingerprint density at radius 3 is 2.46 bits per heavy atom. The fourth-order valence-electron chi connectivity index (χ4n) is 2.85. The number of anilines is 1. The fourth-order valence-corrected chi connectivity index (χ4v) is 2.85. The molecule has 130 valence electrons. The summed E-state index contributed by atoms with van der Waals surface area (Å²) in [5.41, 5.74) is 0.0451. The molecule has 2 aromatic rings. The highest BCUT2D eigenvalue weighted by Crippen LogP contribution is 2.28. The zero-order valence-electron chi connectivity index (χ0n) is 13.3. The van der Waals surface area contributed by atoms with Crippen molar-refractivity contribution < 1.29 is 18.0 Å². The number of fused-ring (bicyclic) bond motifs is 1. The predicted molar refractivity (Wildman–Crippen MR) is 79.4 cm³/mol. The van der Waals surface area contributed by atoms with Crippen LogP contribution < -0.4 is 4.90 Å². The van der Waals surface area contributed by atoms with E-state index in [1.807, 2.05) is 4.90 Å². The summed E-state index contributed by atoms with van der Waals surface area (Å²) in [4.78, 5) is 15.4. The summed E-state index contributed by atoms with van der Waals surface area (Å²) >= 11 is 0. The molecule has 0 atom stereocenters. The van der Waals surface area contributed by atoms with E-state index in [9.17, 15) is 18.0 Å². The van der Waals surface area contributed by atoms with Crippen LogP contribution in [-0.2, 0) is 11.0 Å². The summed E-state index contributed by atoms with van der Waals surface area (Å²) in [5, 5.41) is 10.7. The van der Waals surface area contributed by atoms with Crippen LogP contribution in [-0.4, -0.2) is 57.8 Å². The Bertz CT molecular complexity index is 749. The van der Waals surface area contributed by atoms with E-state index >= 15 is 0 Å². The monoisotopic (exact) mass is 342 g/mol. The first-order chi connectivity index (χ1) is 11.3. The first-order valence-electron chi connectivity index (χ1n) is 7.53.